The summed E-state index contributed by atoms with van der Waals surface area (Å²) in [5, 5.41) is 0. The van der Waals surface area contributed by atoms with E-state index >= 15 is 0 Å². The van der Waals surface area contributed by atoms with E-state index in [0.717, 1.165) is 6.42 Å². The lowest BCUT2D eigenvalue weighted by Gasteiger charge is -2.39. The van der Waals surface area contributed by atoms with E-state index in [2.05, 4.69) is 0 Å². The van der Waals surface area contributed by atoms with Gasteiger partial charge in [-0.05, 0) is 26.8 Å². The molecule has 1 fully saturated rings. The molecule has 0 aliphatic carbocycles. The summed E-state index contributed by atoms with van der Waals surface area (Å²) in [6, 6.07) is 0. The Bertz CT molecular complexity index is 229. The Hall–Kier alpha value is -0.650. The van der Waals surface area contributed by atoms with Crippen LogP contribution in [0.15, 0.2) is 0 Å². The van der Waals surface area contributed by atoms with E-state index in [4.69, 9.17) is 19.9 Å². The molecule has 1 heterocycles. The number of carbonyl (C=O) groups excluding carboxylic acids is 1. The molecular weight excluding hydrogens is 198 g/mol. The van der Waals surface area contributed by atoms with Crippen LogP contribution in [-0.4, -0.2) is 30.7 Å². The maximum atomic E-state index is 10.8. The molecule has 15 heavy (non-hydrogen) atoms. The van der Waals surface area contributed by atoms with Crippen molar-refractivity contribution in [3.05, 3.63) is 0 Å². The summed E-state index contributed by atoms with van der Waals surface area (Å²) in [6.45, 7) is 5.51. The second-order valence-electron chi connectivity index (χ2n) is 4.11. The van der Waals surface area contributed by atoms with E-state index in [1.54, 1.807) is 13.8 Å². The molecule has 1 aliphatic heterocycles. The first-order chi connectivity index (χ1) is 6.93. The van der Waals surface area contributed by atoms with Crippen LogP contribution in [0.2, 0.25) is 0 Å². The Balaban J connectivity index is 2.55. The minimum Gasteiger partial charge on any atom is -0.436 e. The highest BCUT2D eigenvalue weighted by Crippen LogP contribution is 2.28. The molecule has 0 saturated carbocycles. The predicted octanol–water partition coefficient (Wildman–Crippen LogP) is 0.766. The van der Waals surface area contributed by atoms with E-state index in [-0.39, 0.29) is 12.1 Å². The third-order valence-electron chi connectivity index (χ3n) is 2.11. The summed E-state index contributed by atoms with van der Waals surface area (Å²) in [5.41, 5.74) is 5.47. The molecule has 0 aromatic carbocycles. The summed E-state index contributed by atoms with van der Waals surface area (Å²) in [4.78, 5) is 10.8. The fourth-order valence-electron chi connectivity index (χ4n) is 1.68. The molecule has 1 rings (SSSR count). The second-order valence-corrected chi connectivity index (χ2v) is 4.11. The number of carbonyl (C=O) groups is 1. The zero-order chi connectivity index (χ0) is 11.5. The predicted molar refractivity (Wildman–Crippen MR) is 53.9 cm³/mol. The van der Waals surface area contributed by atoms with Gasteiger partial charge in [-0.2, -0.15) is 0 Å². The molecule has 5 heteroatoms. The Labute approximate surface area is 89.9 Å². The lowest BCUT2D eigenvalue weighted by atomic mass is 10.1. The molecule has 0 radical (unpaired) electrons. The van der Waals surface area contributed by atoms with Crippen molar-refractivity contribution in [2.24, 2.45) is 5.73 Å². The summed E-state index contributed by atoms with van der Waals surface area (Å²) in [7, 11) is 0. The van der Waals surface area contributed by atoms with Gasteiger partial charge in [0.1, 0.15) is 0 Å². The van der Waals surface area contributed by atoms with Crippen molar-refractivity contribution in [2.75, 3.05) is 6.54 Å². The van der Waals surface area contributed by atoms with Crippen molar-refractivity contribution in [1.82, 2.24) is 0 Å². The Morgan fingerprint density at radius 3 is 2.73 bits per heavy atom. The van der Waals surface area contributed by atoms with Crippen molar-refractivity contribution in [2.45, 2.75) is 51.8 Å². The average molecular weight is 217 g/mol. The highest BCUT2D eigenvalue weighted by molar-refractivity contribution is 5.66. The van der Waals surface area contributed by atoms with Gasteiger partial charge in [0.2, 0.25) is 6.29 Å². The van der Waals surface area contributed by atoms with Gasteiger partial charge in [-0.15, -0.1) is 0 Å². The minimum atomic E-state index is -0.724. The minimum absolute atomic E-state index is 0.0110. The number of hydrogen-bond donors (Lipinski definition) is 1. The van der Waals surface area contributed by atoms with E-state index < -0.39 is 12.1 Å². The normalized spacial score (nSPS) is 29.9. The lowest BCUT2D eigenvalue weighted by molar-refractivity contribution is -0.343. The van der Waals surface area contributed by atoms with Gasteiger partial charge in [0.05, 0.1) is 6.10 Å². The Morgan fingerprint density at radius 1 is 1.53 bits per heavy atom. The first-order valence-corrected chi connectivity index (χ1v) is 5.16. The summed E-state index contributed by atoms with van der Waals surface area (Å²) in [5.74, 6) is -1.07. The van der Waals surface area contributed by atoms with Crippen molar-refractivity contribution in [3.8, 4) is 0 Å². The largest absolute Gasteiger partial charge is 0.436 e. The summed E-state index contributed by atoms with van der Waals surface area (Å²) in [6.07, 6.45) is 0.746. The van der Waals surface area contributed by atoms with Crippen molar-refractivity contribution < 1.29 is 19.0 Å². The number of nitrogens with two attached hydrogens (primary N) is 1. The second kappa shape index (κ2) is 4.92. The molecule has 1 saturated heterocycles. The highest BCUT2D eigenvalue weighted by Gasteiger charge is 2.36. The van der Waals surface area contributed by atoms with Crippen molar-refractivity contribution in [1.29, 1.82) is 0 Å². The van der Waals surface area contributed by atoms with Gasteiger partial charge in [-0.1, -0.05) is 0 Å². The summed E-state index contributed by atoms with van der Waals surface area (Å²) >= 11 is 0. The fraction of sp³-hybridized carbons (Fsp3) is 0.900. The van der Waals surface area contributed by atoms with Gasteiger partial charge >= 0.3 is 5.97 Å². The number of hydrogen-bond acceptors (Lipinski definition) is 5. The molecular formula is C10H19NO4. The third-order valence-corrected chi connectivity index (χ3v) is 2.11. The molecule has 0 aromatic heterocycles. The number of ether oxygens (including phenoxy) is 3. The molecule has 0 aromatic rings. The third kappa shape index (κ3) is 4.15. The quantitative estimate of drug-likeness (QED) is 0.707. The zero-order valence-corrected chi connectivity index (χ0v) is 9.49. The first-order valence-electron chi connectivity index (χ1n) is 5.16. The smallest absolute Gasteiger partial charge is 0.304 e. The van der Waals surface area contributed by atoms with Gasteiger partial charge in [0.25, 0.3) is 0 Å². The van der Waals surface area contributed by atoms with E-state index in [1.165, 1.54) is 6.92 Å². The van der Waals surface area contributed by atoms with E-state index in [1.807, 2.05) is 0 Å². The number of rotatable bonds is 3. The van der Waals surface area contributed by atoms with Gasteiger partial charge in [-0.25, -0.2) is 0 Å². The van der Waals surface area contributed by atoms with Crippen LogP contribution >= 0.6 is 0 Å². The maximum absolute atomic E-state index is 10.8. The maximum Gasteiger partial charge on any atom is 0.304 e. The molecule has 0 bridgehead atoms. The number of esters is 1. The van der Waals surface area contributed by atoms with E-state index in [0.29, 0.717) is 13.0 Å². The van der Waals surface area contributed by atoms with Crippen LogP contribution in [-0.2, 0) is 19.0 Å². The van der Waals surface area contributed by atoms with E-state index in [9.17, 15) is 4.79 Å². The molecule has 1 aliphatic rings. The van der Waals surface area contributed by atoms with Crippen LogP contribution in [0.4, 0.5) is 0 Å². The van der Waals surface area contributed by atoms with Crippen LogP contribution in [0, 0.1) is 0 Å². The van der Waals surface area contributed by atoms with Crippen LogP contribution in [0.5, 0.6) is 0 Å². The Kier molecular flexibility index (Phi) is 4.07. The standard InChI is InChI=1S/C10H19NO4/c1-7(12)13-9-6-8(4-5-11)14-10(2,3)15-9/h8-9H,4-6,11H2,1-3H3/t8-,9-/m0/s1. The lowest BCUT2D eigenvalue weighted by Crippen LogP contribution is -2.46. The van der Waals surface area contributed by atoms with Gasteiger partial charge in [0.15, 0.2) is 5.79 Å². The van der Waals surface area contributed by atoms with Gasteiger partial charge in [-0.3, -0.25) is 4.79 Å². The van der Waals surface area contributed by atoms with Crippen molar-refractivity contribution >= 4 is 5.97 Å². The zero-order valence-electron chi connectivity index (χ0n) is 9.49. The van der Waals surface area contributed by atoms with Crippen LogP contribution < -0.4 is 5.73 Å². The fourth-order valence-corrected chi connectivity index (χ4v) is 1.68. The molecule has 5 nitrogen and oxygen atoms in total. The first kappa shape index (κ1) is 12.4. The average Bonchev–Trinajstić information content (AvgIpc) is 1.99. The summed E-state index contributed by atoms with van der Waals surface area (Å²) < 4.78 is 16.1. The molecule has 0 amide bonds. The monoisotopic (exact) mass is 217 g/mol. The van der Waals surface area contributed by atoms with Crippen LogP contribution in [0.25, 0.3) is 0 Å². The highest BCUT2D eigenvalue weighted by atomic mass is 16.8. The molecule has 88 valence electrons. The van der Waals surface area contributed by atoms with Gasteiger partial charge in [0, 0.05) is 13.3 Å². The van der Waals surface area contributed by atoms with Crippen LogP contribution in [0.3, 0.4) is 0 Å². The molecule has 0 spiro atoms. The molecule has 0 unspecified atom stereocenters. The Morgan fingerprint density at radius 2 is 2.20 bits per heavy atom. The molecule has 2 atom stereocenters. The van der Waals surface area contributed by atoms with Crippen molar-refractivity contribution in [3.63, 3.8) is 0 Å². The van der Waals surface area contributed by atoms with Crippen LogP contribution in [0.1, 0.15) is 33.6 Å². The molecule has 2 N–H and O–H groups in total. The van der Waals surface area contributed by atoms with Gasteiger partial charge < -0.3 is 19.9 Å². The SMILES string of the molecule is CC(=O)O[C@@H]1C[C@H](CCN)OC(C)(C)O1. The topological polar surface area (TPSA) is 70.8 Å².